The molecule has 2 fully saturated rings. The molecule has 0 unspecified atom stereocenters. The number of hydrogen-bond donors (Lipinski definition) is 3. The molecule has 8 heteroatoms. The maximum absolute atomic E-state index is 12.7. The Morgan fingerprint density at radius 2 is 1.64 bits per heavy atom. The Balaban J connectivity index is 0.00000280. The summed E-state index contributed by atoms with van der Waals surface area (Å²) in [7, 11) is -3.51. The number of carbonyl (C=O) groups is 1. The van der Waals surface area contributed by atoms with E-state index in [4.69, 9.17) is 5.11 Å². The Hall–Kier alpha value is -1.15. The lowest BCUT2D eigenvalue weighted by Gasteiger charge is -2.28. The monoisotopic (exact) mass is 430 g/mol. The third-order valence-corrected chi connectivity index (χ3v) is 7.47. The standard InChI is InChI=1S/C20H30N2O4S.ClH/c23-20(24)10-3-15-1-6-18(7-2-15)22-27(25,26)19-8-4-16(5-9-19)17-11-13-21-14-12-17;/h4-5,8-9,15,17-18,21-22H,1-3,6-7,10-14H2,(H,23,24);1H/t15-,18-;. The Labute approximate surface area is 173 Å². The molecule has 0 amide bonds. The molecule has 0 atom stereocenters. The molecule has 0 radical (unpaired) electrons. The molecular weight excluding hydrogens is 400 g/mol. The number of sulfonamides is 1. The average Bonchev–Trinajstić information content (AvgIpc) is 2.68. The highest BCUT2D eigenvalue weighted by Crippen LogP contribution is 2.29. The van der Waals surface area contributed by atoms with E-state index >= 15 is 0 Å². The summed E-state index contributed by atoms with van der Waals surface area (Å²) >= 11 is 0. The Bertz CT molecular complexity index is 725. The number of carboxylic acid groups (broad SMARTS) is 1. The van der Waals surface area contributed by atoms with Gasteiger partial charge < -0.3 is 10.4 Å². The summed E-state index contributed by atoms with van der Waals surface area (Å²) in [4.78, 5) is 11.0. The van der Waals surface area contributed by atoms with Crippen molar-refractivity contribution in [3.8, 4) is 0 Å². The SMILES string of the molecule is Cl.O=C(O)CC[C@H]1CC[C@H](NS(=O)(=O)c2ccc(C3CCNCC3)cc2)CC1. The van der Waals surface area contributed by atoms with Gasteiger partial charge in [0.2, 0.25) is 10.0 Å². The van der Waals surface area contributed by atoms with Crippen LogP contribution < -0.4 is 10.0 Å². The number of hydrogen-bond acceptors (Lipinski definition) is 4. The molecule has 1 aliphatic heterocycles. The normalized spacial score (nSPS) is 23.7. The van der Waals surface area contributed by atoms with E-state index in [0.29, 0.717) is 23.2 Å². The van der Waals surface area contributed by atoms with Gasteiger partial charge in [0.1, 0.15) is 0 Å². The molecule has 3 N–H and O–H groups in total. The van der Waals surface area contributed by atoms with E-state index in [9.17, 15) is 13.2 Å². The highest BCUT2D eigenvalue weighted by Gasteiger charge is 2.26. The third-order valence-electron chi connectivity index (χ3n) is 5.94. The summed E-state index contributed by atoms with van der Waals surface area (Å²) in [5.74, 6) is 0.147. The maximum atomic E-state index is 12.7. The van der Waals surface area contributed by atoms with Crippen LogP contribution in [0.2, 0.25) is 0 Å². The number of rotatable bonds is 7. The molecule has 28 heavy (non-hydrogen) atoms. The molecule has 1 aromatic carbocycles. The minimum atomic E-state index is -3.51. The minimum absolute atomic E-state index is 0. The number of nitrogens with one attached hydrogen (secondary N) is 2. The summed E-state index contributed by atoms with van der Waals surface area (Å²) in [5, 5.41) is 12.1. The molecule has 158 valence electrons. The molecule has 0 aromatic heterocycles. The van der Waals surface area contributed by atoms with Crippen molar-refractivity contribution in [2.45, 2.75) is 68.2 Å². The maximum Gasteiger partial charge on any atom is 0.303 e. The molecule has 0 spiro atoms. The van der Waals surface area contributed by atoms with Crippen molar-refractivity contribution in [2.75, 3.05) is 13.1 Å². The first-order chi connectivity index (χ1) is 12.9. The van der Waals surface area contributed by atoms with Crippen LogP contribution in [0.25, 0.3) is 0 Å². The summed E-state index contributed by atoms with van der Waals surface area (Å²) in [6, 6.07) is 7.29. The first-order valence-electron chi connectivity index (χ1n) is 9.99. The number of carboxylic acids is 1. The number of benzene rings is 1. The van der Waals surface area contributed by atoms with Crippen molar-refractivity contribution in [2.24, 2.45) is 5.92 Å². The molecule has 0 bridgehead atoms. The molecule has 2 aliphatic rings. The third kappa shape index (κ3) is 6.44. The quantitative estimate of drug-likeness (QED) is 0.617. The second-order valence-electron chi connectivity index (χ2n) is 7.86. The topological polar surface area (TPSA) is 95.5 Å². The molecule has 1 saturated carbocycles. The van der Waals surface area contributed by atoms with Crippen molar-refractivity contribution in [1.29, 1.82) is 0 Å². The van der Waals surface area contributed by atoms with Gasteiger partial charge in [-0.3, -0.25) is 4.79 Å². The van der Waals surface area contributed by atoms with Crippen LogP contribution in [0, 0.1) is 5.92 Å². The van der Waals surface area contributed by atoms with Crippen molar-refractivity contribution in [3.63, 3.8) is 0 Å². The van der Waals surface area contributed by atoms with Gasteiger partial charge in [0, 0.05) is 12.5 Å². The van der Waals surface area contributed by atoms with Crippen LogP contribution in [0.3, 0.4) is 0 Å². The lowest BCUT2D eigenvalue weighted by Crippen LogP contribution is -2.37. The Kier molecular flexibility index (Phi) is 8.74. The minimum Gasteiger partial charge on any atom is -0.481 e. The van der Waals surface area contributed by atoms with Gasteiger partial charge in [0.15, 0.2) is 0 Å². The van der Waals surface area contributed by atoms with E-state index < -0.39 is 16.0 Å². The number of halogens is 1. The molecular formula is C20H31ClN2O4S. The van der Waals surface area contributed by atoms with Crippen LogP contribution in [0.4, 0.5) is 0 Å². The fourth-order valence-corrected chi connectivity index (χ4v) is 5.56. The van der Waals surface area contributed by atoms with Crippen molar-refractivity contribution in [1.82, 2.24) is 10.0 Å². The van der Waals surface area contributed by atoms with Crippen molar-refractivity contribution >= 4 is 28.4 Å². The van der Waals surface area contributed by atoms with E-state index in [2.05, 4.69) is 10.0 Å². The largest absolute Gasteiger partial charge is 0.481 e. The molecule has 1 heterocycles. The van der Waals surface area contributed by atoms with Crippen LogP contribution >= 0.6 is 12.4 Å². The highest BCUT2D eigenvalue weighted by atomic mass is 35.5. The number of piperidine rings is 1. The zero-order chi connectivity index (χ0) is 19.3. The first kappa shape index (κ1) is 23.1. The van der Waals surface area contributed by atoms with Crippen LogP contribution in [-0.4, -0.2) is 38.6 Å². The van der Waals surface area contributed by atoms with Gasteiger partial charge in [0.25, 0.3) is 0 Å². The second kappa shape index (κ2) is 10.6. The predicted octanol–water partition coefficient (Wildman–Crippen LogP) is 3.28. The number of aliphatic carboxylic acids is 1. The smallest absolute Gasteiger partial charge is 0.303 e. The Morgan fingerprint density at radius 1 is 1.04 bits per heavy atom. The summed E-state index contributed by atoms with van der Waals surface area (Å²) in [6.07, 6.45) is 6.39. The fraction of sp³-hybridized carbons (Fsp3) is 0.650. The van der Waals surface area contributed by atoms with Gasteiger partial charge in [-0.2, -0.15) is 0 Å². The van der Waals surface area contributed by atoms with E-state index in [1.807, 2.05) is 12.1 Å². The summed E-state index contributed by atoms with van der Waals surface area (Å²) in [6.45, 7) is 2.03. The van der Waals surface area contributed by atoms with Crippen molar-refractivity contribution in [3.05, 3.63) is 29.8 Å². The predicted molar refractivity (Wildman–Crippen MR) is 111 cm³/mol. The van der Waals surface area contributed by atoms with Gasteiger partial charge in [-0.1, -0.05) is 12.1 Å². The first-order valence-corrected chi connectivity index (χ1v) is 11.5. The fourth-order valence-electron chi connectivity index (χ4n) is 4.26. The zero-order valence-electron chi connectivity index (χ0n) is 16.1. The summed E-state index contributed by atoms with van der Waals surface area (Å²) < 4.78 is 28.2. The van der Waals surface area contributed by atoms with Crippen LogP contribution in [-0.2, 0) is 14.8 Å². The molecule has 1 aliphatic carbocycles. The van der Waals surface area contributed by atoms with Crippen LogP contribution in [0.15, 0.2) is 29.2 Å². The van der Waals surface area contributed by atoms with E-state index in [1.165, 1.54) is 5.56 Å². The van der Waals surface area contributed by atoms with Gasteiger partial charge in [-0.05, 0) is 87.6 Å². The summed E-state index contributed by atoms with van der Waals surface area (Å²) in [5.41, 5.74) is 1.22. The van der Waals surface area contributed by atoms with Gasteiger partial charge in [-0.15, -0.1) is 12.4 Å². The van der Waals surface area contributed by atoms with E-state index in [1.54, 1.807) is 12.1 Å². The average molecular weight is 431 g/mol. The lowest BCUT2D eigenvalue weighted by molar-refractivity contribution is -0.137. The molecule has 1 saturated heterocycles. The van der Waals surface area contributed by atoms with Crippen LogP contribution in [0.5, 0.6) is 0 Å². The molecule has 3 rings (SSSR count). The van der Waals surface area contributed by atoms with E-state index in [-0.39, 0.29) is 24.9 Å². The second-order valence-corrected chi connectivity index (χ2v) is 9.58. The van der Waals surface area contributed by atoms with Crippen LogP contribution in [0.1, 0.15) is 62.8 Å². The van der Waals surface area contributed by atoms with Gasteiger partial charge in [0.05, 0.1) is 4.90 Å². The Morgan fingerprint density at radius 3 is 2.21 bits per heavy atom. The van der Waals surface area contributed by atoms with Crippen molar-refractivity contribution < 1.29 is 18.3 Å². The molecule has 6 nitrogen and oxygen atoms in total. The van der Waals surface area contributed by atoms with Gasteiger partial charge >= 0.3 is 5.97 Å². The zero-order valence-corrected chi connectivity index (χ0v) is 17.7. The lowest BCUT2D eigenvalue weighted by atomic mass is 9.84. The molecule has 1 aromatic rings. The van der Waals surface area contributed by atoms with Gasteiger partial charge in [-0.25, -0.2) is 13.1 Å². The van der Waals surface area contributed by atoms with E-state index in [0.717, 1.165) is 51.6 Å². The highest BCUT2D eigenvalue weighted by molar-refractivity contribution is 7.89.